The average molecular weight is 259 g/mol. The van der Waals surface area contributed by atoms with Crippen molar-refractivity contribution < 1.29 is 4.42 Å². The number of aromatic amines is 1. The molecular formula is C12H9N3O2S. The molecule has 5 nitrogen and oxygen atoms in total. The Morgan fingerprint density at radius 2 is 2.44 bits per heavy atom. The molecule has 0 unspecified atom stereocenters. The number of thioether (sulfide) groups is 1. The first kappa shape index (κ1) is 10.0. The van der Waals surface area contributed by atoms with Crippen LogP contribution in [0.25, 0.3) is 22.5 Å². The molecule has 0 fully saturated rings. The Morgan fingerprint density at radius 3 is 3.28 bits per heavy atom. The van der Waals surface area contributed by atoms with E-state index in [1.54, 1.807) is 22.6 Å². The monoisotopic (exact) mass is 259 g/mol. The van der Waals surface area contributed by atoms with Crippen molar-refractivity contribution in [3.8, 4) is 11.5 Å². The van der Waals surface area contributed by atoms with Crippen LogP contribution in [0.1, 0.15) is 0 Å². The van der Waals surface area contributed by atoms with Gasteiger partial charge in [0.25, 0.3) is 5.56 Å². The van der Waals surface area contributed by atoms with Crippen molar-refractivity contribution in [1.82, 2.24) is 14.5 Å². The van der Waals surface area contributed by atoms with Crippen molar-refractivity contribution >= 4 is 22.8 Å². The molecule has 0 saturated carbocycles. The summed E-state index contributed by atoms with van der Waals surface area (Å²) in [6.45, 7) is 0.733. The van der Waals surface area contributed by atoms with Gasteiger partial charge in [-0.1, -0.05) is 11.8 Å². The SMILES string of the molecule is O=c1c2[nH]c(-c3ccco3)cc2nc2n1CCS2. The number of H-pyrrole nitrogens is 1. The molecular weight excluding hydrogens is 250 g/mol. The van der Waals surface area contributed by atoms with Crippen molar-refractivity contribution in [1.29, 1.82) is 0 Å². The van der Waals surface area contributed by atoms with Crippen LogP contribution in [-0.4, -0.2) is 20.3 Å². The van der Waals surface area contributed by atoms with Gasteiger partial charge in [-0.15, -0.1) is 0 Å². The van der Waals surface area contributed by atoms with Crippen LogP contribution in [0.2, 0.25) is 0 Å². The predicted molar refractivity (Wildman–Crippen MR) is 68.8 cm³/mol. The van der Waals surface area contributed by atoms with Gasteiger partial charge in [0.1, 0.15) is 11.3 Å². The van der Waals surface area contributed by atoms with Crippen LogP contribution in [-0.2, 0) is 6.54 Å². The van der Waals surface area contributed by atoms with E-state index in [2.05, 4.69) is 9.97 Å². The van der Waals surface area contributed by atoms with Crippen LogP contribution in [0.15, 0.2) is 38.8 Å². The number of nitrogens with zero attached hydrogens (tertiary/aromatic N) is 2. The Balaban J connectivity index is 2.02. The number of rotatable bonds is 1. The quantitative estimate of drug-likeness (QED) is 0.680. The Labute approximate surface area is 106 Å². The molecule has 6 heteroatoms. The number of nitrogens with one attached hydrogen (secondary N) is 1. The van der Waals surface area contributed by atoms with Gasteiger partial charge in [-0.3, -0.25) is 9.36 Å². The van der Waals surface area contributed by atoms with Gasteiger partial charge >= 0.3 is 0 Å². The molecule has 0 atom stereocenters. The molecule has 3 aromatic rings. The van der Waals surface area contributed by atoms with E-state index in [1.165, 1.54) is 0 Å². The second-order valence-electron chi connectivity index (χ2n) is 4.12. The van der Waals surface area contributed by atoms with E-state index >= 15 is 0 Å². The first-order valence-electron chi connectivity index (χ1n) is 5.63. The maximum atomic E-state index is 12.3. The average Bonchev–Trinajstić information content (AvgIpc) is 3.08. The van der Waals surface area contributed by atoms with Crippen molar-refractivity contribution in [2.24, 2.45) is 0 Å². The highest BCUT2D eigenvalue weighted by molar-refractivity contribution is 7.99. The zero-order valence-electron chi connectivity index (χ0n) is 9.34. The molecule has 0 bridgehead atoms. The highest BCUT2D eigenvalue weighted by Crippen LogP contribution is 2.26. The molecule has 4 rings (SSSR count). The van der Waals surface area contributed by atoms with E-state index in [4.69, 9.17) is 4.42 Å². The minimum absolute atomic E-state index is 0.00203. The third-order valence-corrected chi connectivity index (χ3v) is 3.99. The molecule has 18 heavy (non-hydrogen) atoms. The molecule has 0 radical (unpaired) electrons. The summed E-state index contributed by atoms with van der Waals surface area (Å²) in [5.74, 6) is 1.63. The summed E-state index contributed by atoms with van der Waals surface area (Å²) in [5, 5.41) is 0.803. The van der Waals surface area contributed by atoms with Gasteiger partial charge in [0.05, 0.1) is 17.5 Å². The number of hydrogen-bond acceptors (Lipinski definition) is 4. The summed E-state index contributed by atoms with van der Waals surface area (Å²) >= 11 is 1.62. The fourth-order valence-corrected chi connectivity index (χ4v) is 3.13. The largest absolute Gasteiger partial charge is 0.463 e. The Kier molecular flexibility index (Phi) is 1.96. The summed E-state index contributed by atoms with van der Waals surface area (Å²) in [5.41, 5.74) is 2.03. The summed E-state index contributed by atoms with van der Waals surface area (Å²) in [6, 6.07) is 5.52. The lowest BCUT2D eigenvalue weighted by Crippen LogP contribution is -2.20. The number of fused-ring (bicyclic) bond motifs is 2. The lowest BCUT2D eigenvalue weighted by Gasteiger charge is -1.99. The van der Waals surface area contributed by atoms with Gasteiger partial charge in [0.15, 0.2) is 5.16 Å². The van der Waals surface area contributed by atoms with E-state index < -0.39 is 0 Å². The smallest absolute Gasteiger partial charge is 0.278 e. The number of hydrogen-bond donors (Lipinski definition) is 1. The molecule has 0 aliphatic carbocycles. The van der Waals surface area contributed by atoms with Crippen LogP contribution in [0.5, 0.6) is 0 Å². The second kappa shape index (κ2) is 3.52. The van der Waals surface area contributed by atoms with Gasteiger partial charge in [-0.05, 0) is 18.2 Å². The van der Waals surface area contributed by atoms with Crippen LogP contribution in [0, 0.1) is 0 Å². The highest BCUT2D eigenvalue weighted by Gasteiger charge is 2.18. The molecule has 0 aromatic carbocycles. The van der Waals surface area contributed by atoms with Gasteiger partial charge in [0, 0.05) is 12.3 Å². The molecule has 0 saturated heterocycles. The van der Waals surface area contributed by atoms with E-state index in [0.717, 1.165) is 23.1 Å². The maximum Gasteiger partial charge on any atom is 0.278 e. The summed E-state index contributed by atoms with van der Waals surface area (Å²) in [4.78, 5) is 19.8. The van der Waals surface area contributed by atoms with Crippen LogP contribution < -0.4 is 5.56 Å². The van der Waals surface area contributed by atoms with Crippen molar-refractivity contribution in [3.05, 3.63) is 34.8 Å². The van der Waals surface area contributed by atoms with Crippen LogP contribution >= 0.6 is 11.8 Å². The zero-order valence-corrected chi connectivity index (χ0v) is 10.2. The molecule has 0 amide bonds. The first-order valence-corrected chi connectivity index (χ1v) is 6.62. The van der Waals surface area contributed by atoms with E-state index in [9.17, 15) is 4.79 Å². The van der Waals surface area contributed by atoms with E-state index in [1.807, 2.05) is 18.2 Å². The topological polar surface area (TPSA) is 63.8 Å². The Morgan fingerprint density at radius 1 is 1.50 bits per heavy atom. The van der Waals surface area contributed by atoms with Gasteiger partial charge in [0.2, 0.25) is 0 Å². The van der Waals surface area contributed by atoms with Crippen molar-refractivity contribution in [3.63, 3.8) is 0 Å². The molecule has 90 valence electrons. The fourth-order valence-electron chi connectivity index (χ4n) is 2.18. The Bertz CT molecular complexity index is 786. The summed E-state index contributed by atoms with van der Waals surface area (Å²) in [7, 11) is 0. The lowest BCUT2D eigenvalue weighted by atomic mass is 10.3. The molecule has 0 spiro atoms. The third kappa shape index (κ3) is 1.29. The van der Waals surface area contributed by atoms with E-state index in [0.29, 0.717) is 16.8 Å². The third-order valence-electron chi connectivity index (χ3n) is 3.04. The van der Waals surface area contributed by atoms with Gasteiger partial charge in [-0.25, -0.2) is 4.98 Å². The standard InChI is InChI=1S/C12H9N3O2S/c16-11-10-8(14-12-15(11)3-5-18-12)6-7(13-10)9-2-1-4-17-9/h1-2,4,6,13H,3,5H2. The van der Waals surface area contributed by atoms with Gasteiger partial charge in [-0.2, -0.15) is 0 Å². The molecule has 4 heterocycles. The van der Waals surface area contributed by atoms with Crippen LogP contribution in [0.4, 0.5) is 0 Å². The molecule has 1 aliphatic rings. The first-order chi connectivity index (χ1) is 8.83. The Hall–Kier alpha value is -1.95. The molecule has 3 aromatic heterocycles. The maximum absolute atomic E-state index is 12.3. The summed E-state index contributed by atoms with van der Waals surface area (Å²) < 4.78 is 7.03. The predicted octanol–water partition coefficient (Wildman–Crippen LogP) is 2.09. The fraction of sp³-hybridized carbons (Fsp3) is 0.167. The molecule has 1 N–H and O–H groups in total. The van der Waals surface area contributed by atoms with E-state index in [-0.39, 0.29) is 5.56 Å². The summed E-state index contributed by atoms with van der Waals surface area (Å²) in [6.07, 6.45) is 1.61. The normalized spacial score (nSPS) is 14.2. The zero-order chi connectivity index (χ0) is 12.1. The molecule has 1 aliphatic heterocycles. The number of aromatic nitrogens is 3. The van der Waals surface area contributed by atoms with Crippen LogP contribution in [0.3, 0.4) is 0 Å². The van der Waals surface area contributed by atoms with Crippen molar-refractivity contribution in [2.45, 2.75) is 11.7 Å². The van der Waals surface area contributed by atoms with Gasteiger partial charge < -0.3 is 9.40 Å². The minimum atomic E-state index is -0.00203. The lowest BCUT2D eigenvalue weighted by molar-refractivity contribution is 0.580. The second-order valence-corrected chi connectivity index (χ2v) is 5.18. The van der Waals surface area contributed by atoms with Crippen molar-refractivity contribution in [2.75, 3.05) is 5.75 Å². The number of furan rings is 1. The minimum Gasteiger partial charge on any atom is -0.463 e. The highest BCUT2D eigenvalue weighted by atomic mass is 32.2.